The van der Waals surface area contributed by atoms with E-state index in [1.54, 1.807) is 27.6 Å². The number of hydrogen-bond acceptors (Lipinski definition) is 6. The Labute approximate surface area is 193 Å². The predicted octanol–water partition coefficient (Wildman–Crippen LogP) is 3.35. The molecule has 11 heteroatoms. The summed E-state index contributed by atoms with van der Waals surface area (Å²) in [6.45, 7) is 3.70. The molecule has 2 aliphatic rings. The maximum Gasteiger partial charge on any atom is 0.324 e. The number of nitrogens with zero attached hydrogens (tertiary/aromatic N) is 6. The summed E-state index contributed by atoms with van der Waals surface area (Å²) in [5.74, 6) is -0.720. The van der Waals surface area contributed by atoms with E-state index in [0.29, 0.717) is 16.9 Å². The van der Waals surface area contributed by atoms with Crippen LogP contribution in [0.3, 0.4) is 0 Å². The van der Waals surface area contributed by atoms with E-state index in [1.807, 2.05) is 41.4 Å². The lowest BCUT2D eigenvalue weighted by Gasteiger charge is -2.56. The molecule has 2 amide bonds. The van der Waals surface area contributed by atoms with Crippen molar-refractivity contribution in [3.05, 3.63) is 66.4 Å². The van der Waals surface area contributed by atoms with Gasteiger partial charge >= 0.3 is 12.5 Å². The van der Waals surface area contributed by atoms with Gasteiger partial charge in [-0.05, 0) is 24.3 Å². The van der Waals surface area contributed by atoms with E-state index in [-0.39, 0.29) is 23.9 Å². The van der Waals surface area contributed by atoms with Crippen LogP contribution in [0.4, 0.5) is 19.3 Å². The van der Waals surface area contributed by atoms with Gasteiger partial charge < -0.3 is 19.0 Å². The number of nitrogens with one attached hydrogen (secondary N) is 1. The lowest BCUT2D eigenvalue weighted by molar-refractivity contribution is -0.00916. The number of pyridine rings is 1. The molecule has 1 spiro atoms. The molecule has 2 fully saturated rings. The van der Waals surface area contributed by atoms with Crippen LogP contribution in [0.1, 0.15) is 18.0 Å². The van der Waals surface area contributed by atoms with E-state index in [0.717, 1.165) is 31.9 Å². The van der Waals surface area contributed by atoms with E-state index in [4.69, 9.17) is 4.42 Å². The zero-order valence-corrected chi connectivity index (χ0v) is 18.1. The zero-order valence-electron chi connectivity index (χ0n) is 18.1. The fourth-order valence-electron chi connectivity index (χ4n) is 4.49. The number of anilines is 1. The number of rotatable bonds is 5. The first-order valence-corrected chi connectivity index (χ1v) is 10.9. The second kappa shape index (κ2) is 7.87. The molecule has 0 atom stereocenters. The summed E-state index contributed by atoms with van der Waals surface area (Å²) in [7, 11) is 0. The summed E-state index contributed by atoms with van der Waals surface area (Å²) in [5.41, 5.74) is 2.78. The van der Waals surface area contributed by atoms with Gasteiger partial charge in [0.2, 0.25) is 5.89 Å². The second-order valence-corrected chi connectivity index (χ2v) is 8.82. The quantitative estimate of drug-likeness (QED) is 0.486. The van der Waals surface area contributed by atoms with Gasteiger partial charge in [-0.1, -0.05) is 18.2 Å². The molecule has 1 aromatic carbocycles. The van der Waals surface area contributed by atoms with Gasteiger partial charge in [0.25, 0.3) is 5.89 Å². The summed E-state index contributed by atoms with van der Waals surface area (Å²) in [5, 5.41) is 10.4. The number of alkyl halides is 2. The number of imidazole rings is 1. The van der Waals surface area contributed by atoms with Gasteiger partial charge in [0.15, 0.2) is 0 Å². The Morgan fingerprint density at radius 3 is 2.65 bits per heavy atom. The van der Waals surface area contributed by atoms with Crippen molar-refractivity contribution in [2.45, 2.75) is 13.0 Å². The van der Waals surface area contributed by atoms with Gasteiger partial charge in [-0.2, -0.15) is 8.78 Å². The number of likely N-dealkylation sites (tertiary alicyclic amines) is 1. The van der Waals surface area contributed by atoms with E-state index in [2.05, 4.69) is 20.5 Å². The Kier molecular flexibility index (Phi) is 4.80. The lowest BCUT2D eigenvalue weighted by Crippen LogP contribution is -2.73. The molecule has 0 unspecified atom stereocenters. The monoisotopic (exact) mass is 465 g/mol. The number of benzene rings is 1. The van der Waals surface area contributed by atoms with Crippen LogP contribution in [0.2, 0.25) is 0 Å². The van der Waals surface area contributed by atoms with Gasteiger partial charge in [-0.25, -0.2) is 9.78 Å². The number of amides is 2. The Bertz CT molecular complexity index is 1340. The molecule has 0 radical (unpaired) electrons. The van der Waals surface area contributed by atoms with Crippen LogP contribution in [0.25, 0.3) is 17.1 Å². The molecule has 0 saturated carbocycles. The van der Waals surface area contributed by atoms with Gasteiger partial charge in [-0.15, -0.1) is 10.2 Å². The molecular weight excluding hydrogens is 444 g/mol. The number of fused-ring (bicyclic) bond motifs is 1. The fourth-order valence-corrected chi connectivity index (χ4v) is 4.49. The average Bonchev–Trinajstić information content (AvgIpc) is 3.42. The minimum Gasteiger partial charge on any atom is -0.415 e. The van der Waals surface area contributed by atoms with Crippen molar-refractivity contribution in [3.63, 3.8) is 0 Å². The summed E-state index contributed by atoms with van der Waals surface area (Å²) in [6, 6.07) is 12.8. The van der Waals surface area contributed by atoms with E-state index in [1.165, 1.54) is 0 Å². The molecule has 6 rings (SSSR count). The average molecular weight is 465 g/mol. The van der Waals surface area contributed by atoms with Gasteiger partial charge in [-0.3, -0.25) is 4.90 Å². The van der Waals surface area contributed by atoms with Crippen molar-refractivity contribution in [3.8, 4) is 11.5 Å². The molecule has 3 aromatic heterocycles. The van der Waals surface area contributed by atoms with E-state index < -0.39 is 12.3 Å². The normalized spacial score (nSPS) is 16.6. The highest BCUT2D eigenvalue weighted by atomic mass is 19.3. The maximum absolute atomic E-state index is 13.4. The third-order valence-electron chi connectivity index (χ3n) is 6.33. The molecule has 9 nitrogen and oxygen atoms in total. The van der Waals surface area contributed by atoms with Crippen molar-refractivity contribution in [1.82, 2.24) is 29.8 Å². The molecule has 5 heterocycles. The summed E-state index contributed by atoms with van der Waals surface area (Å²) < 4.78 is 32.4. The topological polar surface area (TPSA) is 91.8 Å². The molecule has 2 aliphatic heterocycles. The number of halogens is 2. The van der Waals surface area contributed by atoms with Gasteiger partial charge in [0, 0.05) is 55.2 Å². The number of carbonyl (C=O) groups excluding carboxylic acids is 1. The fraction of sp³-hybridized carbons (Fsp3) is 0.304. The summed E-state index contributed by atoms with van der Waals surface area (Å²) >= 11 is 0. The van der Waals surface area contributed by atoms with Crippen molar-refractivity contribution in [2.24, 2.45) is 5.41 Å². The molecule has 34 heavy (non-hydrogen) atoms. The Morgan fingerprint density at radius 1 is 1.18 bits per heavy atom. The minimum atomic E-state index is -2.83. The van der Waals surface area contributed by atoms with Gasteiger partial charge in [0.1, 0.15) is 5.65 Å². The van der Waals surface area contributed by atoms with Crippen LogP contribution < -0.4 is 10.2 Å². The molecule has 4 aromatic rings. The smallest absolute Gasteiger partial charge is 0.324 e. The Morgan fingerprint density at radius 2 is 1.97 bits per heavy atom. The standard InChI is InChI=1S/C23H21F2N7O2/c24-19(25)21-29-28-20(34-21)15-6-7-30-9-16(27-18(30)8-15)10-32(17-4-2-1-3-5-17)22(33)31-13-23(14-31)11-26-12-23/h1-9,19,26H,10-14H2. The van der Waals surface area contributed by atoms with Crippen molar-refractivity contribution < 1.29 is 18.0 Å². The van der Waals surface area contributed by atoms with Crippen LogP contribution in [0.15, 0.2) is 59.3 Å². The van der Waals surface area contributed by atoms with Crippen LogP contribution in [-0.4, -0.2) is 56.7 Å². The first-order valence-electron chi connectivity index (χ1n) is 10.9. The van der Waals surface area contributed by atoms with Crippen LogP contribution in [0, 0.1) is 5.41 Å². The Balaban J connectivity index is 1.26. The zero-order chi connectivity index (χ0) is 23.3. The highest BCUT2D eigenvalue weighted by Crippen LogP contribution is 2.35. The third kappa shape index (κ3) is 3.58. The third-order valence-corrected chi connectivity index (χ3v) is 6.33. The number of urea groups is 1. The first-order chi connectivity index (χ1) is 16.5. The van der Waals surface area contributed by atoms with Crippen LogP contribution in [-0.2, 0) is 6.54 Å². The summed E-state index contributed by atoms with van der Waals surface area (Å²) in [4.78, 5) is 21.6. The second-order valence-electron chi connectivity index (χ2n) is 8.82. The SMILES string of the molecule is O=C(N1CC2(CNC2)C1)N(Cc1cn2ccc(-c3nnc(C(F)F)o3)cc2n1)c1ccccc1. The van der Waals surface area contributed by atoms with Crippen molar-refractivity contribution in [2.75, 3.05) is 31.1 Å². The molecule has 0 bridgehead atoms. The lowest BCUT2D eigenvalue weighted by atomic mass is 9.75. The molecule has 174 valence electrons. The first kappa shape index (κ1) is 20.7. The van der Waals surface area contributed by atoms with Gasteiger partial charge in [0.05, 0.1) is 12.2 Å². The number of hydrogen-bond donors (Lipinski definition) is 1. The molecule has 1 N–H and O–H groups in total. The molecular formula is C23H21F2N7O2. The maximum atomic E-state index is 13.4. The highest BCUT2D eigenvalue weighted by molar-refractivity contribution is 5.92. The minimum absolute atomic E-state index is 0.000589. The number of aromatic nitrogens is 4. The van der Waals surface area contributed by atoms with Crippen molar-refractivity contribution in [1.29, 1.82) is 0 Å². The number of para-hydroxylation sites is 1. The summed E-state index contributed by atoms with van der Waals surface area (Å²) in [6.07, 6.45) is 0.755. The predicted molar refractivity (Wildman–Crippen MR) is 118 cm³/mol. The largest absolute Gasteiger partial charge is 0.415 e. The Hall–Kier alpha value is -3.86. The van der Waals surface area contributed by atoms with Crippen LogP contribution in [0.5, 0.6) is 0 Å². The molecule has 2 saturated heterocycles. The van der Waals surface area contributed by atoms with E-state index in [9.17, 15) is 13.6 Å². The number of carbonyl (C=O) groups is 1. The molecule has 0 aliphatic carbocycles. The highest BCUT2D eigenvalue weighted by Gasteiger charge is 2.50. The van der Waals surface area contributed by atoms with Crippen molar-refractivity contribution >= 4 is 17.4 Å². The van der Waals surface area contributed by atoms with E-state index >= 15 is 0 Å². The van der Waals surface area contributed by atoms with Crippen LogP contribution >= 0.6 is 0 Å².